The van der Waals surface area contributed by atoms with Gasteiger partial charge in [0.05, 0.1) is 30.4 Å². The molecule has 2 atom stereocenters. The van der Waals surface area contributed by atoms with Gasteiger partial charge in [0.25, 0.3) is 0 Å². The maximum atomic E-state index is 12.7. The molecule has 0 bridgehead atoms. The molecule has 1 heterocycles. The van der Waals surface area contributed by atoms with Gasteiger partial charge in [0, 0.05) is 18.6 Å². The Kier molecular flexibility index (Phi) is 8.59. The van der Waals surface area contributed by atoms with E-state index in [9.17, 15) is 9.59 Å². The van der Waals surface area contributed by atoms with E-state index in [0.717, 1.165) is 0 Å². The van der Waals surface area contributed by atoms with Crippen molar-refractivity contribution >= 4 is 30.7 Å². The van der Waals surface area contributed by atoms with Crippen LogP contribution < -0.4 is 15.4 Å². The van der Waals surface area contributed by atoms with Crippen LogP contribution in [-0.2, 0) is 18.8 Å². The van der Waals surface area contributed by atoms with E-state index in [4.69, 9.17) is 35.5 Å². The van der Waals surface area contributed by atoms with Crippen LogP contribution in [0, 0.1) is 0 Å². The van der Waals surface area contributed by atoms with E-state index in [1.54, 1.807) is 24.3 Å². The van der Waals surface area contributed by atoms with Crippen LogP contribution in [0.3, 0.4) is 0 Å². The average Bonchev–Trinajstić information content (AvgIpc) is 2.89. The number of hydrogen-bond acceptors (Lipinski definition) is 6. The van der Waals surface area contributed by atoms with Crippen molar-refractivity contribution in [3.05, 3.63) is 29.3 Å². The van der Waals surface area contributed by atoms with Crippen molar-refractivity contribution in [3.63, 3.8) is 0 Å². The first-order chi connectivity index (χ1) is 14.4. The Morgan fingerprint density at radius 2 is 1.71 bits per heavy atom. The highest BCUT2D eigenvalue weighted by molar-refractivity contribution is 6.48. The molecule has 0 radical (unpaired) electrons. The van der Waals surface area contributed by atoms with Crippen molar-refractivity contribution in [2.24, 2.45) is 0 Å². The molecular weight excluding hydrogens is 426 g/mol. The van der Waals surface area contributed by atoms with Crippen molar-refractivity contribution < 1.29 is 33.5 Å². The van der Waals surface area contributed by atoms with Crippen LogP contribution in [-0.4, -0.2) is 67.7 Å². The number of benzene rings is 1. The molecule has 0 spiro atoms. The number of methoxy groups -OCH3 is 1. The Balaban J connectivity index is 2.10. The number of halogens is 1. The van der Waals surface area contributed by atoms with Crippen molar-refractivity contribution in [2.75, 3.05) is 20.3 Å². The predicted molar refractivity (Wildman–Crippen MR) is 116 cm³/mol. The maximum absolute atomic E-state index is 12.7. The number of carbonyl (C=O) groups excluding carboxylic acids is 1. The summed E-state index contributed by atoms with van der Waals surface area (Å²) in [5.41, 5.74) is -1.19. The Hall–Kier alpha value is -2.01. The number of ether oxygens (including phenoxy) is 2. The highest BCUT2D eigenvalue weighted by Crippen LogP contribution is 2.37. The van der Waals surface area contributed by atoms with E-state index >= 15 is 0 Å². The molecule has 2 rings (SSSR count). The lowest BCUT2D eigenvalue weighted by Gasteiger charge is -2.32. The van der Waals surface area contributed by atoms with Gasteiger partial charge in [-0.15, -0.1) is 0 Å². The Morgan fingerprint density at radius 3 is 2.23 bits per heavy atom. The van der Waals surface area contributed by atoms with Gasteiger partial charge in [-0.1, -0.05) is 11.6 Å². The first kappa shape index (κ1) is 25.3. The van der Waals surface area contributed by atoms with Gasteiger partial charge in [0.2, 0.25) is 5.91 Å². The summed E-state index contributed by atoms with van der Waals surface area (Å²) in [6.45, 7) is 7.80. The molecule has 172 valence electrons. The second-order valence-electron chi connectivity index (χ2n) is 8.29. The molecule has 9 nitrogen and oxygen atoms in total. The molecular formula is C20H30BClN2O7. The molecule has 0 saturated carbocycles. The molecule has 31 heavy (non-hydrogen) atoms. The fraction of sp³-hybridized carbons (Fsp3) is 0.600. The summed E-state index contributed by atoms with van der Waals surface area (Å²) >= 11 is 5.89. The van der Waals surface area contributed by atoms with Crippen molar-refractivity contribution in [1.82, 2.24) is 10.6 Å². The second kappa shape index (κ2) is 10.5. The summed E-state index contributed by atoms with van der Waals surface area (Å²) in [4.78, 5) is 23.8. The summed E-state index contributed by atoms with van der Waals surface area (Å²) in [6.07, 6.45) is -0.965. The standard InChI is InChI=1S/C20H30BClN2O7/c1-19(2)20(3,4)31-21(30-19)16(10-11-29-14-8-6-13(22)7-9-14)24-17(25)15(12-28-5)23-18(26)27/h6-9,15-16,23H,10-12H2,1-5H3,(H,24,25)(H,26,27). The Labute approximate surface area is 187 Å². The molecule has 11 heteroatoms. The Morgan fingerprint density at radius 1 is 1.13 bits per heavy atom. The largest absolute Gasteiger partial charge is 0.494 e. The van der Waals surface area contributed by atoms with E-state index in [-0.39, 0.29) is 13.2 Å². The van der Waals surface area contributed by atoms with Crippen LogP contribution in [0.2, 0.25) is 5.02 Å². The average molecular weight is 457 g/mol. The molecule has 1 saturated heterocycles. The molecule has 0 aliphatic carbocycles. The van der Waals surface area contributed by atoms with Gasteiger partial charge in [-0.25, -0.2) is 4.79 Å². The minimum Gasteiger partial charge on any atom is -0.494 e. The van der Waals surface area contributed by atoms with Crippen molar-refractivity contribution in [1.29, 1.82) is 0 Å². The monoisotopic (exact) mass is 456 g/mol. The van der Waals surface area contributed by atoms with E-state index in [0.29, 0.717) is 17.2 Å². The number of rotatable bonds is 10. The summed E-state index contributed by atoms with van der Waals surface area (Å²) in [5, 5.41) is 14.6. The number of carbonyl (C=O) groups is 2. The molecule has 1 aromatic carbocycles. The smallest absolute Gasteiger partial charge is 0.481 e. The van der Waals surface area contributed by atoms with Crippen LogP contribution in [0.1, 0.15) is 34.1 Å². The topological polar surface area (TPSA) is 115 Å². The van der Waals surface area contributed by atoms with Gasteiger partial charge in [-0.3, -0.25) is 4.79 Å². The molecule has 2 amide bonds. The first-order valence-electron chi connectivity index (χ1n) is 9.98. The first-order valence-corrected chi connectivity index (χ1v) is 10.4. The van der Waals surface area contributed by atoms with Crippen LogP contribution in [0.4, 0.5) is 4.79 Å². The minimum absolute atomic E-state index is 0.116. The van der Waals surface area contributed by atoms with Gasteiger partial charge < -0.3 is 34.5 Å². The molecule has 1 aliphatic heterocycles. The lowest BCUT2D eigenvalue weighted by atomic mass is 9.76. The molecule has 1 aromatic rings. The summed E-state index contributed by atoms with van der Waals surface area (Å²) < 4.78 is 22.9. The predicted octanol–water partition coefficient (Wildman–Crippen LogP) is 2.51. The normalized spacial score (nSPS) is 18.8. The van der Waals surface area contributed by atoms with Gasteiger partial charge in [0.1, 0.15) is 11.8 Å². The number of carboxylic acid groups (broad SMARTS) is 1. The van der Waals surface area contributed by atoms with Crippen molar-refractivity contribution in [2.45, 2.75) is 57.3 Å². The van der Waals surface area contributed by atoms with Crippen LogP contribution in [0.25, 0.3) is 0 Å². The molecule has 3 N–H and O–H groups in total. The van der Waals surface area contributed by atoms with E-state index in [1.807, 2.05) is 27.7 Å². The molecule has 1 fully saturated rings. The zero-order valence-corrected chi connectivity index (χ0v) is 19.2. The zero-order valence-electron chi connectivity index (χ0n) is 18.4. The van der Waals surface area contributed by atoms with Crippen molar-refractivity contribution in [3.8, 4) is 5.75 Å². The highest BCUT2D eigenvalue weighted by atomic mass is 35.5. The quantitative estimate of drug-likeness (QED) is 0.463. The zero-order chi connectivity index (χ0) is 23.2. The molecule has 0 aromatic heterocycles. The maximum Gasteiger partial charge on any atom is 0.481 e. The summed E-state index contributed by atoms with van der Waals surface area (Å²) in [5.74, 6) is -0.501. The second-order valence-corrected chi connectivity index (χ2v) is 8.72. The van der Waals surface area contributed by atoms with Crippen LogP contribution in [0.15, 0.2) is 24.3 Å². The molecule has 2 unspecified atom stereocenters. The third kappa shape index (κ3) is 7.00. The van der Waals surface area contributed by atoms with Crippen LogP contribution in [0.5, 0.6) is 5.75 Å². The number of hydrogen-bond donors (Lipinski definition) is 3. The lowest BCUT2D eigenvalue weighted by molar-refractivity contribution is -0.124. The Bertz CT molecular complexity index is 744. The fourth-order valence-electron chi connectivity index (χ4n) is 2.95. The molecule has 1 aliphatic rings. The fourth-order valence-corrected chi connectivity index (χ4v) is 3.07. The third-order valence-corrected chi connectivity index (χ3v) is 5.64. The number of amides is 2. The van der Waals surface area contributed by atoms with E-state index in [2.05, 4.69) is 10.6 Å². The highest BCUT2D eigenvalue weighted by Gasteiger charge is 2.54. The lowest BCUT2D eigenvalue weighted by Crippen LogP contribution is -2.56. The van der Waals surface area contributed by atoms with Gasteiger partial charge in [-0.2, -0.15) is 0 Å². The third-order valence-electron chi connectivity index (χ3n) is 5.39. The van der Waals surface area contributed by atoms with Gasteiger partial charge in [0.15, 0.2) is 0 Å². The SMILES string of the molecule is COCC(NC(=O)O)C(=O)NC(CCOc1ccc(Cl)cc1)B1OC(C)(C)C(C)(C)O1. The van der Waals surface area contributed by atoms with E-state index in [1.165, 1.54) is 7.11 Å². The van der Waals surface area contributed by atoms with Crippen LogP contribution >= 0.6 is 11.6 Å². The van der Waals surface area contributed by atoms with E-state index < -0.39 is 42.3 Å². The number of nitrogens with one attached hydrogen (secondary N) is 2. The minimum atomic E-state index is -1.32. The summed E-state index contributed by atoms with van der Waals surface area (Å²) in [7, 11) is 0.644. The van der Waals surface area contributed by atoms with Gasteiger partial charge in [-0.05, 0) is 52.0 Å². The van der Waals surface area contributed by atoms with Gasteiger partial charge >= 0.3 is 13.2 Å². The summed E-state index contributed by atoms with van der Waals surface area (Å²) in [6, 6.07) is 5.85.